The lowest BCUT2D eigenvalue weighted by Gasteiger charge is -2.12. The molecule has 6 heteroatoms. The second kappa shape index (κ2) is 8.02. The number of ether oxygens (including phenoxy) is 1. The van der Waals surface area contributed by atoms with E-state index in [4.69, 9.17) is 4.74 Å². The average molecular weight is 348 g/mol. The van der Waals surface area contributed by atoms with Gasteiger partial charge in [-0.1, -0.05) is 12.1 Å². The molecule has 6 nitrogen and oxygen atoms in total. The number of pyridine rings is 1. The molecule has 3 rings (SSSR count). The van der Waals surface area contributed by atoms with E-state index in [0.717, 1.165) is 11.3 Å². The SMILES string of the molecule is Cc1ccc(NC(=O)NNc2cccc(Oc3ccncc3)c2)cc1C. The maximum atomic E-state index is 12.0. The summed E-state index contributed by atoms with van der Waals surface area (Å²) >= 11 is 0. The first-order valence-electron chi connectivity index (χ1n) is 8.18. The number of carbonyl (C=O) groups excluding carboxylic acids is 1. The van der Waals surface area contributed by atoms with Gasteiger partial charge in [0.25, 0.3) is 0 Å². The first-order chi connectivity index (χ1) is 12.6. The smallest absolute Gasteiger partial charge is 0.337 e. The Morgan fingerprint density at radius 3 is 2.46 bits per heavy atom. The summed E-state index contributed by atoms with van der Waals surface area (Å²) in [7, 11) is 0. The predicted molar refractivity (Wildman–Crippen MR) is 102 cm³/mol. The maximum Gasteiger partial charge on any atom is 0.337 e. The standard InChI is InChI=1S/C20H20N4O2/c1-14-6-7-16(12-15(14)2)22-20(25)24-23-17-4-3-5-19(13-17)26-18-8-10-21-11-9-18/h3-13,23H,1-2H3,(H2,22,24,25). The van der Waals surface area contributed by atoms with Gasteiger partial charge < -0.3 is 10.1 Å². The van der Waals surface area contributed by atoms with Crippen molar-refractivity contribution in [1.82, 2.24) is 10.4 Å². The number of hydrazine groups is 1. The van der Waals surface area contributed by atoms with E-state index in [2.05, 4.69) is 21.2 Å². The van der Waals surface area contributed by atoms with Gasteiger partial charge in [-0.25, -0.2) is 4.79 Å². The van der Waals surface area contributed by atoms with Gasteiger partial charge in [0.05, 0.1) is 5.69 Å². The van der Waals surface area contributed by atoms with E-state index in [9.17, 15) is 4.79 Å². The Kier molecular flexibility index (Phi) is 5.34. The number of amides is 2. The number of anilines is 2. The van der Waals surface area contributed by atoms with Crippen molar-refractivity contribution in [2.45, 2.75) is 13.8 Å². The van der Waals surface area contributed by atoms with Crippen LogP contribution in [0.3, 0.4) is 0 Å². The van der Waals surface area contributed by atoms with Crippen LogP contribution in [-0.4, -0.2) is 11.0 Å². The van der Waals surface area contributed by atoms with Gasteiger partial charge in [0.1, 0.15) is 11.5 Å². The number of rotatable bonds is 5. The topological polar surface area (TPSA) is 75.3 Å². The maximum absolute atomic E-state index is 12.0. The summed E-state index contributed by atoms with van der Waals surface area (Å²) in [6.45, 7) is 4.03. The molecule has 26 heavy (non-hydrogen) atoms. The van der Waals surface area contributed by atoms with E-state index in [-0.39, 0.29) is 6.03 Å². The van der Waals surface area contributed by atoms with Crippen LogP contribution < -0.4 is 20.9 Å². The van der Waals surface area contributed by atoms with Gasteiger partial charge in [-0.05, 0) is 61.4 Å². The summed E-state index contributed by atoms with van der Waals surface area (Å²) in [6, 6.07) is 16.2. The van der Waals surface area contributed by atoms with Crippen LogP contribution in [0.4, 0.5) is 16.2 Å². The van der Waals surface area contributed by atoms with Crippen LogP contribution in [0, 0.1) is 13.8 Å². The number of nitrogens with one attached hydrogen (secondary N) is 3. The van der Waals surface area contributed by atoms with Crippen LogP contribution in [0.5, 0.6) is 11.5 Å². The van der Waals surface area contributed by atoms with Crippen molar-refractivity contribution in [2.75, 3.05) is 10.7 Å². The molecule has 2 aromatic carbocycles. The van der Waals surface area contributed by atoms with E-state index in [0.29, 0.717) is 17.2 Å². The molecule has 0 saturated carbocycles. The van der Waals surface area contributed by atoms with Gasteiger partial charge in [0.2, 0.25) is 0 Å². The fourth-order valence-corrected chi connectivity index (χ4v) is 2.29. The Bertz CT molecular complexity index is 897. The zero-order valence-electron chi connectivity index (χ0n) is 14.6. The second-order valence-electron chi connectivity index (χ2n) is 5.82. The van der Waals surface area contributed by atoms with Crippen molar-refractivity contribution in [2.24, 2.45) is 0 Å². The summed E-state index contributed by atoms with van der Waals surface area (Å²) in [5.74, 6) is 1.34. The van der Waals surface area contributed by atoms with Crippen LogP contribution in [0.2, 0.25) is 0 Å². The third-order valence-electron chi connectivity index (χ3n) is 3.80. The van der Waals surface area contributed by atoms with Crippen molar-refractivity contribution < 1.29 is 9.53 Å². The average Bonchev–Trinajstić information content (AvgIpc) is 2.64. The van der Waals surface area contributed by atoms with E-state index in [1.54, 1.807) is 30.6 Å². The third kappa shape index (κ3) is 4.73. The molecule has 132 valence electrons. The first-order valence-corrected chi connectivity index (χ1v) is 8.18. The molecule has 0 aliphatic rings. The Balaban J connectivity index is 1.56. The minimum atomic E-state index is -0.353. The molecule has 0 fully saturated rings. The van der Waals surface area contributed by atoms with E-state index < -0.39 is 0 Å². The molecule has 0 radical (unpaired) electrons. The van der Waals surface area contributed by atoms with Crippen molar-refractivity contribution >= 4 is 17.4 Å². The number of urea groups is 1. The molecular weight excluding hydrogens is 328 g/mol. The molecule has 0 unspecified atom stereocenters. The van der Waals surface area contributed by atoms with Crippen LogP contribution in [-0.2, 0) is 0 Å². The minimum Gasteiger partial charge on any atom is -0.457 e. The van der Waals surface area contributed by atoms with Crippen LogP contribution in [0.15, 0.2) is 67.0 Å². The summed E-state index contributed by atoms with van der Waals surface area (Å²) in [6.07, 6.45) is 3.33. The van der Waals surface area contributed by atoms with Gasteiger partial charge in [-0.3, -0.25) is 15.8 Å². The number of nitrogens with zero attached hydrogens (tertiary/aromatic N) is 1. The van der Waals surface area contributed by atoms with Crippen molar-refractivity contribution in [3.63, 3.8) is 0 Å². The molecule has 0 aliphatic carbocycles. The van der Waals surface area contributed by atoms with Crippen LogP contribution >= 0.6 is 0 Å². The minimum absolute atomic E-state index is 0.353. The molecule has 3 N–H and O–H groups in total. The van der Waals surface area contributed by atoms with Crippen LogP contribution in [0.25, 0.3) is 0 Å². The lowest BCUT2D eigenvalue weighted by molar-refractivity contribution is 0.254. The Morgan fingerprint density at radius 2 is 1.69 bits per heavy atom. The van der Waals surface area contributed by atoms with Gasteiger partial charge in [-0.15, -0.1) is 0 Å². The highest BCUT2D eigenvalue weighted by molar-refractivity contribution is 5.90. The van der Waals surface area contributed by atoms with Crippen molar-refractivity contribution in [3.8, 4) is 11.5 Å². The second-order valence-corrected chi connectivity index (χ2v) is 5.82. The molecule has 1 aromatic heterocycles. The highest BCUT2D eigenvalue weighted by Crippen LogP contribution is 2.23. The monoisotopic (exact) mass is 348 g/mol. The number of hydrogen-bond donors (Lipinski definition) is 3. The third-order valence-corrected chi connectivity index (χ3v) is 3.80. The number of carbonyl (C=O) groups is 1. The fraction of sp³-hybridized carbons (Fsp3) is 0.100. The molecular formula is C20H20N4O2. The fourth-order valence-electron chi connectivity index (χ4n) is 2.29. The van der Waals surface area contributed by atoms with E-state index in [1.807, 2.05) is 50.2 Å². The van der Waals surface area contributed by atoms with E-state index >= 15 is 0 Å². The molecule has 0 bridgehead atoms. The number of benzene rings is 2. The zero-order valence-corrected chi connectivity index (χ0v) is 14.6. The molecule has 0 spiro atoms. The van der Waals surface area contributed by atoms with Gasteiger partial charge in [0, 0.05) is 24.1 Å². The van der Waals surface area contributed by atoms with Crippen molar-refractivity contribution in [1.29, 1.82) is 0 Å². The summed E-state index contributed by atoms with van der Waals surface area (Å²) in [4.78, 5) is 16.0. The van der Waals surface area contributed by atoms with Gasteiger partial charge in [-0.2, -0.15) is 0 Å². The largest absolute Gasteiger partial charge is 0.457 e. The zero-order chi connectivity index (χ0) is 18.4. The van der Waals surface area contributed by atoms with Crippen molar-refractivity contribution in [3.05, 3.63) is 78.1 Å². The molecule has 3 aromatic rings. The Labute approximate surface area is 152 Å². The normalized spacial score (nSPS) is 10.1. The molecule has 2 amide bonds. The number of hydrogen-bond acceptors (Lipinski definition) is 4. The molecule has 0 aliphatic heterocycles. The number of aromatic nitrogens is 1. The molecule has 1 heterocycles. The highest BCUT2D eigenvalue weighted by Gasteiger charge is 2.04. The molecule has 0 atom stereocenters. The molecule has 0 saturated heterocycles. The first kappa shape index (κ1) is 17.3. The Hall–Kier alpha value is -3.54. The summed E-state index contributed by atoms with van der Waals surface area (Å²) in [5.41, 5.74) is 9.21. The quantitative estimate of drug-likeness (QED) is 0.587. The van der Waals surface area contributed by atoms with E-state index in [1.165, 1.54) is 5.56 Å². The van der Waals surface area contributed by atoms with Gasteiger partial charge >= 0.3 is 6.03 Å². The predicted octanol–water partition coefficient (Wildman–Crippen LogP) is 4.64. The lowest BCUT2D eigenvalue weighted by Crippen LogP contribution is -2.33. The summed E-state index contributed by atoms with van der Waals surface area (Å²) in [5, 5.41) is 2.78. The van der Waals surface area contributed by atoms with Crippen LogP contribution in [0.1, 0.15) is 11.1 Å². The number of aryl methyl sites for hydroxylation is 2. The Morgan fingerprint density at radius 1 is 0.885 bits per heavy atom. The van der Waals surface area contributed by atoms with Gasteiger partial charge in [0.15, 0.2) is 0 Å². The summed E-state index contributed by atoms with van der Waals surface area (Å²) < 4.78 is 5.74. The highest BCUT2D eigenvalue weighted by atomic mass is 16.5. The lowest BCUT2D eigenvalue weighted by atomic mass is 10.1.